The smallest absolute Gasteiger partial charge is 0.142 e. The van der Waals surface area contributed by atoms with E-state index in [0.717, 1.165) is 82.7 Å². The summed E-state index contributed by atoms with van der Waals surface area (Å²) >= 11 is 6.82. The van der Waals surface area contributed by atoms with Crippen molar-refractivity contribution < 1.29 is 19.3 Å². The Balaban J connectivity index is 1.15. The van der Waals surface area contributed by atoms with Crippen molar-refractivity contribution in [2.75, 3.05) is 26.2 Å². The number of aliphatic hydroxyl groups is 1. The van der Waals surface area contributed by atoms with Crippen molar-refractivity contribution in [1.82, 2.24) is 25.2 Å². The van der Waals surface area contributed by atoms with Crippen LogP contribution >= 0.6 is 11.6 Å². The molecule has 3 aromatic carbocycles. The molecule has 1 unspecified atom stereocenters. The minimum Gasteiger partial charge on any atom is -0.493 e. The molecule has 2 N–H and O–H groups in total. The van der Waals surface area contributed by atoms with E-state index in [0.29, 0.717) is 48.4 Å². The Morgan fingerprint density at radius 2 is 1.62 bits per heavy atom. The van der Waals surface area contributed by atoms with Crippen molar-refractivity contribution in [2.24, 2.45) is 0 Å². The summed E-state index contributed by atoms with van der Waals surface area (Å²) in [5.74, 6) is 1.98. The number of nitrogens with one attached hydrogen (secondary N) is 1. The Bertz CT molecular complexity index is 2000. The molecule has 0 spiro atoms. The minimum absolute atomic E-state index is 0.203. The summed E-state index contributed by atoms with van der Waals surface area (Å²) in [5.41, 5.74) is 8.51. The Labute approximate surface area is 310 Å². The van der Waals surface area contributed by atoms with Gasteiger partial charge in [0.05, 0.1) is 23.3 Å². The van der Waals surface area contributed by atoms with Crippen LogP contribution in [0.3, 0.4) is 0 Å². The number of halogens is 1. The van der Waals surface area contributed by atoms with Crippen molar-refractivity contribution in [3.8, 4) is 34.4 Å². The number of benzene rings is 3. The average molecular weight is 719 g/mol. The fourth-order valence-corrected chi connectivity index (χ4v) is 6.59. The van der Waals surface area contributed by atoms with Gasteiger partial charge in [-0.2, -0.15) is 5.26 Å². The van der Waals surface area contributed by atoms with Crippen LogP contribution < -0.4 is 19.5 Å². The van der Waals surface area contributed by atoms with Gasteiger partial charge in [0, 0.05) is 80.3 Å². The first kappa shape index (κ1) is 36.7. The van der Waals surface area contributed by atoms with E-state index in [1.165, 1.54) is 12.5 Å². The number of nitriles is 1. The van der Waals surface area contributed by atoms with Crippen molar-refractivity contribution in [3.63, 3.8) is 0 Å². The van der Waals surface area contributed by atoms with E-state index >= 15 is 0 Å². The first-order valence-electron chi connectivity index (χ1n) is 17.5. The second kappa shape index (κ2) is 17.9. The predicted octanol–water partition coefficient (Wildman–Crippen LogP) is 6.96. The number of hydrogen-bond acceptors (Lipinski definition) is 10. The highest BCUT2D eigenvalue weighted by molar-refractivity contribution is 6.32. The van der Waals surface area contributed by atoms with E-state index in [4.69, 9.17) is 25.8 Å². The van der Waals surface area contributed by atoms with Crippen LogP contribution in [0.1, 0.15) is 51.8 Å². The number of nitrogens with zero attached hydrogens (tertiary/aromatic N) is 5. The summed E-state index contributed by atoms with van der Waals surface area (Å²) in [5, 5.41) is 23.0. The number of likely N-dealkylation sites (tertiary alicyclic amines) is 1. The molecule has 1 fully saturated rings. The molecule has 1 atom stereocenters. The van der Waals surface area contributed by atoms with Gasteiger partial charge in [-0.15, -0.1) is 0 Å². The summed E-state index contributed by atoms with van der Waals surface area (Å²) in [6.45, 7) is 9.02. The molecule has 0 radical (unpaired) electrons. The molecule has 10 nitrogen and oxygen atoms in total. The normalized spacial score (nSPS) is 14.2. The zero-order valence-corrected chi connectivity index (χ0v) is 30.3. The number of ether oxygens (including phenoxy) is 3. The lowest BCUT2D eigenvalue weighted by atomic mass is 9.93. The summed E-state index contributed by atoms with van der Waals surface area (Å²) < 4.78 is 18.9. The molecule has 5 aromatic rings. The predicted molar refractivity (Wildman–Crippen MR) is 200 cm³/mol. The van der Waals surface area contributed by atoms with Crippen LogP contribution in [0.2, 0.25) is 5.02 Å². The molecule has 6 rings (SSSR count). The molecule has 0 bridgehead atoms. The number of β-amino-alcohol motifs (C(OH)–C–C–N with tert-alkyl or cyclic N) is 1. The van der Waals surface area contributed by atoms with Crippen LogP contribution in [0, 0.1) is 25.2 Å². The average Bonchev–Trinajstić information content (AvgIpc) is 3.58. The van der Waals surface area contributed by atoms with E-state index in [-0.39, 0.29) is 12.7 Å². The maximum Gasteiger partial charge on any atom is 0.142 e. The highest BCUT2D eigenvalue weighted by atomic mass is 35.5. The van der Waals surface area contributed by atoms with Gasteiger partial charge in [0.25, 0.3) is 0 Å². The summed E-state index contributed by atoms with van der Waals surface area (Å²) in [6.07, 6.45) is 9.80. The molecule has 2 aromatic heterocycles. The summed E-state index contributed by atoms with van der Waals surface area (Å²) in [7, 11) is 0. The first-order chi connectivity index (χ1) is 25.4. The molecule has 1 aliphatic rings. The fourth-order valence-electron chi connectivity index (χ4n) is 6.35. The van der Waals surface area contributed by atoms with Gasteiger partial charge < -0.3 is 29.5 Å². The highest BCUT2D eigenvalue weighted by Gasteiger charge is 2.20. The van der Waals surface area contributed by atoms with Gasteiger partial charge >= 0.3 is 0 Å². The van der Waals surface area contributed by atoms with E-state index in [1.807, 2.05) is 30.3 Å². The number of aliphatic hydroxyl groups excluding tert-OH is 1. The van der Waals surface area contributed by atoms with Crippen LogP contribution in [0.5, 0.6) is 17.2 Å². The van der Waals surface area contributed by atoms with Crippen LogP contribution in [0.15, 0.2) is 85.7 Å². The molecule has 268 valence electrons. The van der Waals surface area contributed by atoms with Crippen molar-refractivity contribution in [2.45, 2.75) is 59.1 Å². The zero-order chi connectivity index (χ0) is 36.3. The molecular formula is C41H43ClN6O4. The SMILES string of the molecule is Cc1c(COc2cc(OCc3cncc(C#N)c3)c(CNCc3cncnc3)cc2Cl)cccc1-c1cccc(OCCCN2CCC(O)C2)c1C. The van der Waals surface area contributed by atoms with E-state index in [1.54, 1.807) is 24.7 Å². The van der Waals surface area contributed by atoms with Gasteiger partial charge in [-0.1, -0.05) is 41.9 Å². The van der Waals surface area contributed by atoms with Crippen molar-refractivity contribution in [3.05, 3.63) is 130 Å². The third-order valence-corrected chi connectivity index (χ3v) is 9.51. The molecule has 52 heavy (non-hydrogen) atoms. The minimum atomic E-state index is -0.203. The summed E-state index contributed by atoms with van der Waals surface area (Å²) in [6, 6.07) is 20.0. The van der Waals surface area contributed by atoms with Gasteiger partial charge in [-0.05, 0) is 72.7 Å². The maximum absolute atomic E-state index is 9.80. The van der Waals surface area contributed by atoms with E-state index in [9.17, 15) is 10.4 Å². The Morgan fingerprint density at radius 1 is 0.846 bits per heavy atom. The Kier molecular flexibility index (Phi) is 12.7. The van der Waals surface area contributed by atoms with E-state index in [2.05, 4.69) is 63.3 Å². The van der Waals surface area contributed by atoms with Crippen molar-refractivity contribution >= 4 is 11.6 Å². The monoisotopic (exact) mass is 718 g/mol. The number of hydrogen-bond donors (Lipinski definition) is 2. The fraction of sp³-hybridized carbons (Fsp3) is 0.317. The van der Waals surface area contributed by atoms with Gasteiger partial charge in [-0.25, -0.2) is 9.97 Å². The molecule has 11 heteroatoms. The van der Waals surface area contributed by atoms with Crippen molar-refractivity contribution in [1.29, 1.82) is 5.26 Å². The third kappa shape index (κ3) is 9.63. The van der Waals surface area contributed by atoms with Crippen LogP contribution in [0.4, 0.5) is 0 Å². The third-order valence-electron chi connectivity index (χ3n) is 9.22. The van der Waals surface area contributed by atoms with Gasteiger partial charge in [0.15, 0.2) is 0 Å². The lowest BCUT2D eigenvalue weighted by Gasteiger charge is -2.19. The number of rotatable bonds is 16. The molecule has 0 saturated carbocycles. The van der Waals surface area contributed by atoms with Gasteiger partial charge in [0.1, 0.15) is 42.9 Å². The lowest BCUT2D eigenvalue weighted by Crippen LogP contribution is -2.24. The maximum atomic E-state index is 9.80. The second-order valence-corrected chi connectivity index (χ2v) is 13.4. The topological polar surface area (TPSA) is 126 Å². The zero-order valence-electron chi connectivity index (χ0n) is 29.5. The quantitative estimate of drug-likeness (QED) is 0.103. The standard InChI is InChI=1S/C41H43ClN6O4/c1-28-33(6-3-7-36(28)37-8-4-9-39(29(37)2)50-13-5-11-48-12-10-35(49)24-48)26-52-41-16-40(51-25-31-14-30(17-43)18-44-19-31)34(15-38(41)42)23-45-20-32-21-46-27-47-22-32/h3-4,6-9,14-16,18-19,21-22,27,35,45,49H,5,10-13,20,23-26H2,1-2H3. The Hall–Kier alpha value is -5.05. The van der Waals surface area contributed by atoms with E-state index < -0.39 is 0 Å². The van der Waals surface area contributed by atoms with Crippen LogP contribution in [0.25, 0.3) is 11.1 Å². The van der Waals surface area contributed by atoms with Crippen LogP contribution in [-0.4, -0.2) is 57.3 Å². The van der Waals surface area contributed by atoms with Crippen LogP contribution in [-0.2, 0) is 26.3 Å². The Morgan fingerprint density at radius 3 is 2.40 bits per heavy atom. The summed E-state index contributed by atoms with van der Waals surface area (Å²) in [4.78, 5) is 14.6. The number of pyridine rings is 1. The molecule has 1 aliphatic heterocycles. The molecule has 0 amide bonds. The number of aromatic nitrogens is 3. The van der Waals surface area contributed by atoms with Gasteiger partial charge in [0.2, 0.25) is 0 Å². The largest absolute Gasteiger partial charge is 0.493 e. The van der Waals surface area contributed by atoms with Gasteiger partial charge in [-0.3, -0.25) is 4.98 Å². The molecule has 1 saturated heterocycles. The molecule has 0 aliphatic carbocycles. The molecular weight excluding hydrogens is 676 g/mol. The lowest BCUT2D eigenvalue weighted by molar-refractivity contribution is 0.173. The highest BCUT2D eigenvalue weighted by Crippen LogP contribution is 2.36. The second-order valence-electron chi connectivity index (χ2n) is 13.0. The first-order valence-corrected chi connectivity index (χ1v) is 17.8. The molecule has 3 heterocycles.